The van der Waals surface area contributed by atoms with E-state index in [4.69, 9.17) is 27.9 Å². The zero-order valence-corrected chi connectivity index (χ0v) is 19.5. The van der Waals surface area contributed by atoms with Gasteiger partial charge in [0.1, 0.15) is 5.75 Å². The third-order valence-electron chi connectivity index (χ3n) is 5.18. The third-order valence-corrected chi connectivity index (χ3v) is 5.71. The van der Waals surface area contributed by atoms with Crippen LogP contribution in [0.25, 0.3) is 0 Å². The molecular weight excluding hydrogens is 437 g/mol. The molecule has 0 bridgehead atoms. The zero-order valence-electron chi connectivity index (χ0n) is 18.0. The van der Waals surface area contributed by atoms with Gasteiger partial charge >= 0.3 is 0 Å². The Hall–Kier alpha value is -2.44. The van der Waals surface area contributed by atoms with E-state index in [1.807, 2.05) is 24.8 Å². The lowest BCUT2D eigenvalue weighted by atomic mass is 10.1. The summed E-state index contributed by atoms with van der Waals surface area (Å²) >= 11 is 12.4. The van der Waals surface area contributed by atoms with Crippen molar-refractivity contribution in [2.24, 2.45) is 5.92 Å². The summed E-state index contributed by atoms with van der Waals surface area (Å²) in [5, 5.41) is 3.83. The average molecular weight is 464 g/mol. The molecule has 0 unspecified atom stereocenters. The molecule has 1 aliphatic rings. The normalized spacial score (nSPS) is 14.0. The lowest BCUT2D eigenvalue weighted by Crippen LogP contribution is -2.49. The van der Waals surface area contributed by atoms with Gasteiger partial charge in [-0.3, -0.25) is 9.59 Å². The van der Waals surface area contributed by atoms with E-state index in [2.05, 4.69) is 10.2 Å². The summed E-state index contributed by atoms with van der Waals surface area (Å²) in [5.74, 6) is 0.746. The zero-order chi connectivity index (χ0) is 22.5. The van der Waals surface area contributed by atoms with Crippen molar-refractivity contribution in [2.75, 3.05) is 43.5 Å². The van der Waals surface area contributed by atoms with E-state index in [1.54, 1.807) is 30.3 Å². The molecule has 2 amide bonds. The average Bonchev–Trinajstić information content (AvgIpc) is 2.73. The molecule has 0 atom stereocenters. The van der Waals surface area contributed by atoms with Gasteiger partial charge in [-0.2, -0.15) is 0 Å². The van der Waals surface area contributed by atoms with Crippen LogP contribution in [-0.4, -0.2) is 50.0 Å². The Morgan fingerprint density at radius 2 is 1.77 bits per heavy atom. The minimum absolute atomic E-state index is 0.190. The SMILES string of the molecule is COc1ccc(C(=O)Nc2cc(Cl)ccc2N2CCN(C(=O)CC(C)C)CC2)cc1Cl. The monoisotopic (exact) mass is 463 g/mol. The molecule has 1 saturated heterocycles. The van der Waals surface area contributed by atoms with Crippen molar-refractivity contribution in [1.82, 2.24) is 4.90 Å². The summed E-state index contributed by atoms with van der Waals surface area (Å²) in [6, 6.07) is 10.3. The summed E-state index contributed by atoms with van der Waals surface area (Å²) < 4.78 is 5.14. The molecular formula is C23H27Cl2N3O3. The molecule has 2 aromatic carbocycles. The van der Waals surface area contributed by atoms with Gasteiger partial charge in [-0.25, -0.2) is 0 Å². The van der Waals surface area contributed by atoms with Crippen LogP contribution in [0, 0.1) is 5.92 Å². The predicted molar refractivity (Wildman–Crippen MR) is 126 cm³/mol. The van der Waals surface area contributed by atoms with E-state index in [1.165, 1.54) is 7.11 Å². The summed E-state index contributed by atoms with van der Waals surface area (Å²) in [6.07, 6.45) is 0.562. The van der Waals surface area contributed by atoms with Gasteiger partial charge in [0.25, 0.3) is 5.91 Å². The molecule has 1 aliphatic heterocycles. The van der Waals surface area contributed by atoms with Crippen LogP contribution in [-0.2, 0) is 4.79 Å². The molecule has 0 radical (unpaired) electrons. The van der Waals surface area contributed by atoms with E-state index in [0.717, 1.165) is 5.69 Å². The van der Waals surface area contributed by atoms with Gasteiger partial charge in [-0.15, -0.1) is 0 Å². The topological polar surface area (TPSA) is 61.9 Å². The Morgan fingerprint density at radius 3 is 2.39 bits per heavy atom. The van der Waals surface area contributed by atoms with Crippen LogP contribution >= 0.6 is 23.2 Å². The number of nitrogens with zero attached hydrogens (tertiary/aromatic N) is 2. The van der Waals surface area contributed by atoms with Crippen molar-refractivity contribution in [3.05, 3.63) is 52.0 Å². The Morgan fingerprint density at radius 1 is 1.06 bits per heavy atom. The lowest BCUT2D eigenvalue weighted by molar-refractivity contribution is -0.132. The molecule has 3 rings (SSSR count). The van der Waals surface area contributed by atoms with Gasteiger partial charge < -0.3 is 19.9 Å². The minimum atomic E-state index is -0.293. The first-order valence-electron chi connectivity index (χ1n) is 10.3. The lowest BCUT2D eigenvalue weighted by Gasteiger charge is -2.37. The van der Waals surface area contributed by atoms with Crippen molar-refractivity contribution in [3.8, 4) is 5.75 Å². The predicted octanol–water partition coefficient (Wildman–Crippen LogP) is 4.95. The first-order valence-corrected chi connectivity index (χ1v) is 11.0. The summed E-state index contributed by atoms with van der Waals surface area (Å²) in [4.78, 5) is 29.2. The molecule has 0 saturated carbocycles. The number of carbonyl (C=O) groups excluding carboxylic acids is 2. The number of methoxy groups -OCH3 is 1. The molecule has 0 spiro atoms. The van der Waals surface area contributed by atoms with Gasteiger partial charge in [0.05, 0.1) is 23.5 Å². The van der Waals surface area contributed by atoms with Crippen molar-refractivity contribution < 1.29 is 14.3 Å². The number of rotatable bonds is 6. The highest BCUT2D eigenvalue weighted by Crippen LogP contribution is 2.31. The number of amides is 2. The third kappa shape index (κ3) is 5.83. The summed E-state index contributed by atoms with van der Waals surface area (Å²) in [5.41, 5.74) is 1.90. The standard InChI is InChI=1S/C23H27Cl2N3O3/c1-15(2)12-22(29)28-10-8-27(9-11-28)20-6-5-17(24)14-19(20)26-23(30)16-4-7-21(31-3)18(25)13-16/h4-7,13-15H,8-12H2,1-3H3,(H,26,30). The molecule has 1 heterocycles. The van der Waals surface area contributed by atoms with E-state index < -0.39 is 0 Å². The fourth-order valence-corrected chi connectivity index (χ4v) is 3.99. The van der Waals surface area contributed by atoms with Gasteiger partial charge in [-0.05, 0) is 42.3 Å². The van der Waals surface area contributed by atoms with Crippen molar-refractivity contribution >= 4 is 46.4 Å². The molecule has 6 nitrogen and oxygen atoms in total. The molecule has 8 heteroatoms. The fraction of sp³-hybridized carbons (Fsp3) is 0.391. The maximum absolute atomic E-state index is 12.8. The van der Waals surface area contributed by atoms with E-state index in [9.17, 15) is 9.59 Å². The van der Waals surface area contributed by atoms with E-state index >= 15 is 0 Å². The number of hydrogen-bond donors (Lipinski definition) is 1. The Bertz CT molecular complexity index is 957. The molecule has 2 aromatic rings. The fourth-order valence-electron chi connectivity index (χ4n) is 3.56. The van der Waals surface area contributed by atoms with Gasteiger partial charge in [0, 0.05) is 43.2 Å². The van der Waals surface area contributed by atoms with Crippen LogP contribution in [0.2, 0.25) is 10.0 Å². The van der Waals surface area contributed by atoms with Gasteiger partial charge in [0.2, 0.25) is 5.91 Å². The number of piperazine rings is 1. The first kappa shape index (κ1) is 23.2. The maximum Gasteiger partial charge on any atom is 0.255 e. The van der Waals surface area contributed by atoms with Crippen LogP contribution < -0.4 is 15.0 Å². The van der Waals surface area contributed by atoms with Crippen LogP contribution in [0.15, 0.2) is 36.4 Å². The number of ether oxygens (including phenoxy) is 1. The highest BCUT2D eigenvalue weighted by Gasteiger charge is 2.24. The highest BCUT2D eigenvalue weighted by molar-refractivity contribution is 6.32. The first-order chi connectivity index (χ1) is 14.8. The van der Waals surface area contributed by atoms with Crippen molar-refractivity contribution in [1.29, 1.82) is 0 Å². The largest absolute Gasteiger partial charge is 0.495 e. The number of nitrogens with one attached hydrogen (secondary N) is 1. The van der Waals surface area contributed by atoms with Crippen LogP contribution in [0.5, 0.6) is 5.75 Å². The Balaban J connectivity index is 1.73. The molecule has 0 aromatic heterocycles. The van der Waals surface area contributed by atoms with Crippen molar-refractivity contribution in [3.63, 3.8) is 0 Å². The maximum atomic E-state index is 12.8. The van der Waals surface area contributed by atoms with E-state index in [0.29, 0.717) is 65.6 Å². The quantitative estimate of drug-likeness (QED) is 0.658. The van der Waals surface area contributed by atoms with Gasteiger partial charge in [0.15, 0.2) is 0 Å². The second-order valence-corrected chi connectivity index (χ2v) is 8.77. The Kier molecular flexibility index (Phi) is 7.68. The molecule has 0 aliphatic carbocycles. The Labute approximate surface area is 193 Å². The van der Waals surface area contributed by atoms with Crippen LogP contribution in [0.3, 0.4) is 0 Å². The van der Waals surface area contributed by atoms with Crippen molar-refractivity contribution in [2.45, 2.75) is 20.3 Å². The number of benzene rings is 2. The number of halogens is 2. The molecule has 166 valence electrons. The van der Waals surface area contributed by atoms with E-state index in [-0.39, 0.29) is 11.8 Å². The second kappa shape index (κ2) is 10.2. The molecule has 1 fully saturated rings. The second-order valence-electron chi connectivity index (χ2n) is 7.93. The summed E-state index contributed by atoms with van der Waals surface area (Å²) in [7, 11) is 1.52. The van der Waals surface area contributed by atoms with Gasteiger partial charge in [-0.1, -0.05) is 37.0 Å². The molecule has 1 N–H and O–H groups in total. The molecule has 31 heavy (non-hydrogen) atoms. The van der Waals surface area contributed by atoms with Crippen LogP contribution in [0.1, 0.15) is 30.6 Å². The minimum Gasteiger partial charge on any atom is -0.495 e. The van der Waals surface area contributed by atoms with Crippen LogP contribution in [0.4, 0.5) is 11.4 Å². The number of carbonyl (C=O) groups is 2. The smallest absolute Gasteiger partial charge is 0.255 e. The highest BCUT2D eigenvalue weighted by atomic mass is 35.5. The summed E-state index contributed by atoms with van der Waals surface area (Å²) in [6.45, 7) is 6.76. The number of hydrogen-bond acceptors (Lipinski definition) is 4. The number of anilines is 2.